The van der Waals surface area contributed by atoms with Gasteiger partial charge in [0.25, 0.3) is 5.91 Å². The molecule has 5 nitrogen and oxygen atoms in total. The van der Waals surface area contributed by atoms with Crippen LogP contribution in [0.4, 0.5) is 5.69 Å². The maximum atomic E-state index is 12.7. The van der Waals surface area contributed by atoms with Gasteiger partial charge in [-0.2, -0.15) is 0 Å². The molecule has 3 rings (SSSR count). The average Bonchev–Trinajstić information content (AvgIpc) is 2.88. The Bertz CT molecular complexity index is 604. The summed E-state index contributed by atoms with van der Waals surface area (Å²) in [6.45, 7) is 7.97. The van der Waals surface area contributed by atoms with Crippen LogP contribution in [0.15, 0.2) is 18.2 Å². The normalized spacial score (nSPS) is 24.3. The largest absolute Gasteiger partial charge is 0.336 e. The number of piperazine rings is 1. The van der Waals surface area contributed by atoms with E-state index in [1.165, 1.54) is 0 Å². The van der Waals surface area contributed by atoms with Gasteiger partial charge < -0.3 is 15.1 Å². The minimum Gasteiger partial charge on any atom is -0.336 e. The highest BCUT2D eigenvalue weighted by atomic mass is 16.2. The minimum absolute atomic E-state index is 0.0579. The van der Waals surface area contributed by atoms with Crippen molar-refractivity contribution in [2.45, 2.75) is 39.3 Å². The van der Waals surface area contributed by atoms with Gasteiger partial charge in [0.2, 0.25) is 5.91 Å². The Hall–Kier alpha value is -1.88. The van der Waals surface area contributed by atoms with Gasteiger partial charge in [-0.3, -0.25) is 9.59 Å². The number of fused-ring (bicyclic) bond motifs is 1. The lowest BCUT2D eigenvalue weighted by atomic mass is 10.1. The molecule has 1 saturated heterocycles. The van der Waals surface area contributed by atoms with Crippen LogP contribution in [0.5, 0.6) is 0 Å². The first-order valence-corrected chi connectivity index (χ1v) is 7.92. The van der Waals surface area contributed by atoms with E-state index in [1.54, 1.807) is 11.8 Å². The molecule has 0 bridgehead atoms. The van der Waals surface area contributed by atoms with Crippen LogP contribution >= 0.6 is 0 Å². The lowest BCUT2D eigenvalue weighted by Crippen LogP contribution is -2.55. The van der Waals surface area contributed by atoms with Gasteiger partial charge in [-0.05, 0) is 44.0 Å². The highest BCUT2D eigenvalue weighted by Crippen LogP contribution is 2.29. The first kappa shape index (κ1) is 15.0. The number of carbonyl (C=O) groups is 2. The van der Waals surface area contributed by atoms with E-state index in [1.807, 2.05) is 23.1 Å². The van der Waals surface area contributed by atoms with E-state index in [0.29, 0.717) is 18.6 Å². The van der Waals surface area contributed by atoms with Gasteiger partial charge >= 0.3 is 0 Å². The third kappa shape index (κ3) is 2.73. The molecule has 0 saturated carbocycles. The first-order chi connectivity index (χ1) is 10.5. The molecule has 22 heavy (non-hydrogen) atoms. The van der Waals surface area contributed by atoms with Crippen molar-refractivity contribution in [3.63, 3.8) is 0 Å². The number of anilines is 1. The van der Waals surface area contributed by atoms with Crippen LogP contribution in [0.25, 0.3) is 0 Å². The molecular formula is C17H23N3O2. The summed E-state index contributed by atoms with van der Waals surface area (Å²) < 4.78 is 0. The molecule has 5 heteroatoms. The molecule has 0 unspecified atom stereocenters. The molecule has 0 radical (unpaired) electrons. The molecule has 2 atom stereocenters. The predicted octanol–water partition coefficient (Wildman–Crippen LogP) is 1.42. The van der Waals surface area contributed by atoms with Crippen molar-refractivity contribution in [3.8, 4) is 0 Å². The second kappa shape index (κ2) is 5.72. The number of amides is 2. The fraction of sp³-hybridized carbons (Fsp3) is 0.529. The van der Waals surface area contributed by atoms with Crippen LogP contribution in [0.2, 0.25) is 0 Å². The van der Waals surface area contributed by atoms with Gasteiger partial charge in [0.05, 0.1) is 0 Å². The van der Waals surface area contributed by atoms with E-state index < -0.39 is 0 Å². The van der Waals surface area contributed by atoms with Crippen molar-refractivity contribution < 1.29 is 9.59 Å². The smallest absolute Gasteiger partial charge is 0.253 e. The van der Waals surface area contributed by atoms with Gasteiger partial charge in [-0.25, -0.2) is 0 Å². The lowest BCUT2D eigenvalue weighted by Gasteiger charge is -2.36. The SMILES string of the molecule is CC(=O)N1CCc2cc(C(=O)N3C[C@@H](C)N[C@@H](C)C3)ccc21. The fourth-order valence-corrected chi connectivity index (χ4v) is 3.54. The fourth-order valence-electron chi connectivity index (χ4n) is 3.54. The number of carbonyl (C=O) groups excluding carboxylic acids is 2. The predicted molar refractivity (Wildman–Crippen MR) is 86.1 cm³/mol. The van der Waals surface area contributed by atoms with Crippen molar-refractivity contribution in [1.29, 1.82) is 0 Å². The molecule has 0 aliphatic carbocycles. The van der Waals surface area contributed by atoms with Crippen LogP contribution in [-0.2, 0) is 11.2 Å². The van der Waals surface area contributed by atoms with Crippen molar-refractivity contribution in [2.24, 2.45) is 0 Å². The minimum atomic E-state index is 0.0579. The third-order valence-electron chi connectivity index (χ3n) is 4.45. The molecule has 1 fully saturated rings. The maximum Gasteiger partial charge on any atom is 0.253 e. The van der Waals surface area contributed by atoms with Gasteiger partial charge in [0.1, 0.15) is 0 Å². The van der Waals surface area contributed by atoms with E-state index >= 15 is 0 Å². The molecular weight excluding hydrogens is 278 g/mol. The van der Waals surface area contributed by atoms with Gasteiger partial charge in [-0.15, -0.1) is 0 Å². The summed E-state index contributed by atoms with van der Waals surface area (Å²) in [6.07, 6.45) is 0.824. The molecule has 1 aromatic carbocycles. The van der Waals surface area contributed by atoms with Crippen LogP contribution in [0, 0.1) is 0 Å². The standard InChI is InChI=1S/C17H23N3O2/c1-11-9-19(10-12(2)18-11)17(22)15-4-5-16-14(8-15)6-7-20(16)13(3)21/h4-5,8,11-12,18H,6-7,9-10H2,1-3H3/t11-,12+. The second-order valence-corrected chi connectivity index (χ2v) is 6.44. The van der Waals surface area contributed by atoms with E-state index in [2.05, 4.69) is 19.2 Å². The summed E-state index contributed by atoms with van der Waals surface area (Å²) in [4.78, 5) is 28.0. The van der Waals surface area contributed by atoms with Crippen LogP contribution in [0.3, 0.4) is 0 Å². The number of benzene rings is 1. The Morgan fingerprint density at radius 3 is 2.50 bits per heavy atom. The molecule has 1 aromatic rings. The summed E-state index contributed by atoms with van der Waals surface area (Å²) in [5, 5.41) is 3.44. The second-order valence-electron chi connectivity index (χ2n) is 6.44. The number of nitrogens with zero attached hydrogens (tertiary/aromatic N) is 2. The van der Waals surface area contributed by atoms with Crippen LogP contribution in [-0.4, -0.2) is 48.4 Å². The van der Waals surface area contributed by atoms with Crippen molar-refractivity contribution in [3.05, 3.63) is 29.3 Å². The summed E-state index contributed by atoms with van der Waals surface area (Å²) >= 11 is 0. The summed E-state index contributed by atoms with van der Waals surface area (Å²) in [5.41, 5.74) is 2.77. The molecule has 0 aromatic heterocycles. The number of hydrogen-bond acceptors (Lipinski definition) is 3. The Balaban J connectivity index is 1.81. The van der Waals surface area contributed by atoms with Crippen molar-refractivity contribution in [1.82, 2.24) is 10.2 Å². The van der Waals surface area contributed by atoms with Crippen LogP contribution in [0.1, 0.15) is 36.7 Å². The molecule has 2 heterocycles. The lowest BCUT2D eigenvalue weighted by molar-refractivity contribution is -0.116. The summed E-state index contributed by atoms with van der Waals surface area (Å²) in [5.74, 6) is 0.145. The molecule has 118 valence electrons. The van der Waals surface area contributed by atoms with Gasteiger partial charge in [-0.1, -0.05) is 0 Å². The van der Waals surface area contributed by atoms with Crippen molar-refractivity contribution >= 4 is 17.5 Å². The van der Waals surface area contributed by atoms with Crippen LogP contribution < -0.4 is 10.2 Å². The average molecular weight is 301 g/mol. The zero-order chi connectivity index (χ0) is 15.9. The number of nitrogens with one attached hydrogen (secondary N) is 1. The molecule has 1 N–H and O–H groups in total. The summed E-state index contributed by atoms with van der Waals surface area (Å²) in [6, 6.07) is 6.34. The zero-order valence-corrected chi connectivity index (χ0v) is 13.4. The van der Waals surface area contributed by atoms with E-state index in [0.717, 1.165) is 36.3 Å². The Kier molecular flexibility index (Phi) is 3.91. The van der Waals surface area contributed by atoms with Gasteiger partial charge in [0.15, 0.2) is 0 Å². The number of rotatable bonds is 1. The van der Waals surface area contributed by atoms with Crippen molar-refractivity contribution in [2.75, 3.05) is 24.5 Å². The van der Waals surface area contributed by atoms with Gasteiger partial charge in [0, 0.05) is 49.9 Å². The highest BCUT2D eigenvalue weighted by Gasteiger charge is 2.27. The Morgan fingerprint density at radius 2 is 1.86 bits per heavy atom. The molecule has 2 amide bonds. The molecule has 0 spiro atoms. The first-order valence-electron chi connectivity index (χ1n) is 7.92. The zero-order valence-electron chi connectivity index (χ0n) is 13.4. The van der Waals surface area contributed by atoms with E-state index in [4.69, 9.17) is 0 Å². The maximum absolute atomic E-state index is 12.7. The third-order valence-corrected chi connectivity index (χ3v) is 4.45. The monoisotopic (exact) mass is 301 g/mol. The van der Waals surface area contributed by atoms with E-state index in [-0.39, 0.29) is 11.8 Å². The topological polar surface area (TPSA) is 52.7 Å². The Morgan fingerprint density at radius 1 is 1.18 bits per heavy atom. The number of hydrogen-bond donors (Lipinski definition) is 1. The molecule has 2 aliphatic rings. The molecule has 2 aliphatic heterocycles. The quantitative estimate of drug-likeness (QED) is 0.853. The highest BCUT2D eigenvalue weighted by molar-refractivity contribution is 5.98. The Labute approximate surface area is 131 Å². The van der Waals surface area contributed by atoms with E-state index in [9.17, 15) is 9.59 Å². The summed E-state index contributed by atoms with van der Waals surface area (Å²) in [7, 11) is 0.